The van der Waals surface area contributed by atoms with Gasteiger partial charge in [0.1, 0.15) is 11.5 Å². The van der Waals surface area contributed by atoms with Crippen LogP contribution in [0.5, 0.6) is 0 Å². The molecule has 0 radical (unpaired) electrons. The molecule has 0 atom stereocenters. The van der Waals surface area contributed by atoms with Gasteiger partial charge in [-0.05, 0) is 38.3 Å². The number of carbonyl (C=O) groups is 1. The first-order valence-electron chi connectivity index (χ1n) is 7.46. The molecule has 0 spiro atoms. The van der Waals surface area contributed by atoms with Crippen LogP contribution in [0.2, 0.25) is 0 Å². The molecule has 0 bridgehead atoms. The Hall–Kier alpha value is -2.43. The second-order valence-corrected chi connectivity index (χ2v) is 5.44. The van der Waals surface area contributed by atoms with Crippen molar-refractivity contribution in [2.24, 2.45) is 0 Å². The third-order valence-electron chi connectivity index (χ3n) is 3.35. The summed E-state index contributed by atoms with van der Waals surface area (Å²) in [5, 5.41) is 6.05. The number of rotatable bonds is 5. The molecule has 1 amide bonds. The first-order valence-corrected chi connectivity index (χ1v) is 7.46. The summed E-state index contributed by atoms with van der Waals surface area (Å²) in [6.07, 6.45) is 3.97. The predicted molar refractivity (Wildman–Crippen MR) is 88.6 cm³/mol. The van der Waals surface area contributed by atoms with Crippen molar-refractivity contribution >= 4 is 17.4 Å². The maximum atomic E-state index is 11.8. The summed E-state index contributed by atoms with van der Waals surface area (Å²) in [4.78, 5) is 20.2. The van der Waals surface area contributed by atoms with E-state index in [2.05, 4.69) is 53.5 Å². The molecule has 0 fully saturated rings. The summed E-state index contributed by atoms with van der Waals surface area (Å²) in [6.45, 7) is 8.84. The molecule has 0 saturated heterocycles. The van der Waals surface area contributed by atoms with Gasteiger partial charge in [-0.2, -0.15) is 0 Å². The zero-order valence-corrected chi connectivity index (χ0v) is 13.5. The molecule has 22 heavy (non-hydrogen) atoms. The lowest BCUT2D eigenvalue weighted by Crippen LogP contribution is -2.25. The monoisotopic (exact) mass is 298 g/mol. The second kappa shape index (κ2) is 7.02. The van der Waals surface area contributed by atoms with Gasteiger partial charge in [0.05, 0.1) is 12.4 Å². The second-order valence-electron chi connectivity index (χ2n) is 5.44. The van der Waals surface area contributed by atoms with E-state index in [9.17, 15) is 4.79 Å². The topological polar surface area (TPSA) is 66.9 Å². The Morgan fingerprint density at radius 3 is 2.32 bits per heavy atom. The fraction of sp³-hybridized carbons (Fsp3) is 0.353. The Morgan fingerprint density at radius 1 is 1.09 bits per heavy atom. The van der Waals surface area contributed by atoms with E-state index in [1.807, 2.05) is 6.92 Å². The minimum Gasteiger partial charge on any atom is -0.351 e. The average molecular weight is 298 g/mol. The number of carbonyl (C=O) groups excluding carboxylic acids is 1. The molecule has 2 rings (SSSR count). The van der Waals surface area contributed by atoms with Gasteiger partial charge in [-0.15, -0.1) is 0 Å². The van der Waals surface area contributed by atoms with E-state index in [0.29, 0.717) is 18.1 Å². The highest BCUT2D eigenvalue weighted by molar-refractivity contribution is 5.92. The Balaban J connectivity index is 2.13. The number of anilines is 2. The molecule has 0 saturated carbocycles. The minimum atomic E-state index is -0.191. The molecule has 2 N–H and O–H groups in total. The van der Waals surface area contributed by atoms with Crippen LogP contribution >= 0.6 is 0 Å². The first-order chi connectivity index (χ1) is 10.5. The lowest BCUT2D eigenvalue weighted by atomic mass is 10.1. The lowest BCUT2D eigenvalue weighted by Gasteiger charge is -2.13. The maximum absolute atomic E-state index is 11.8. The van der Waals surface area contributed by atoms with Gasteiger partial charge >= 0.3 is 0 Å². The molecule has 0 aliphatic heterocycles. The number of nitrogens with zero attached hydrogens (tertiary/aromatic N) is 2. The van der Waals surface area contributed by atoms with Gasteiger partial charge < -0.3 is 10.6 Å². The standard InChI is InChI=1S/C17H22N4O/c1-5-6-18-17(22)14-9-20-15(10-19-14)21-16-12(3)7-11(2)8-13(16)4/h7-10H,5-6H2,1-4H3,(H,18,22)(H,20,21). The number of benzene rings is 1. The molecule has 5 heteroatoms. The van der Waals surface area contributed by atoms with E-state index >= 15 is 0 Å². The van der Waals surface area contributed by atoms with Crippen LogP contribution in [0.25, 0.3) is 0 Å². The highest BCUT2D eigenvalue weighted by Crippen LogP contribution is 2.24. The summed E-state index contributed by atoms with van der Waals surface area (Å²) >= 11 is 0. The normalized spacial score (nSPS) is 10.4. The molecule has 2 aromatic rings. The quantitative estimate of drug-likeness (QED) is 0.889. The Morgan fingerprint density at radius 2 is 1.77 bits per heavy atom. The van der Waals surface area contributed by atoms with E-state index in [0.717, 1.165) is 23.2 Å². The molecule has 0 unspecified atom stereocenters. The number of hydrogen-bond donors (Lipinski definition) is 2. The molecule has 0 aliphatic carbocycles. The molecule has 1 heterocycles. The van der Waals surface area contributed by atoms with E-state index in [-0.39, 0.29) is 5.91 Å². The van der Waals surface area contributed by atoms with Gasteiger partial charge in [-0.1, -0.05) is 24.6 Å². The van der Waals surface area contributed by atoms with Crippen molar-refractivity contribution < 1.29 is 4.79 Å². The highest BCUT2D eigenvalue weighted by Gasteiger charge is 2.08. The van der Waals surface area contributed by atoms with E-state index in [4.69, 9.17) is 0 Å². The maximum Gasteiger partial charge on any atom is 0.271 e. The summed E-state index contributed by atoms with van der Waals surface area (Å²) in [6, 6.07) is 4.24. The van der Waals surface area contributed by atoms with E-state index in [1.165, 1.54) is 11.8 Å². The van der Waals surface area contributed by atoms with Crippen molar-refractivity contribution in [1.82, 2.24) is 15.3 Å². The number of aryl methyl sites for hydroxylation is 3. The summed E-state index contributed by atoms with van der Waals surface area (Å²) < 4.78 is 0. The fourth-order valence-electron chi connectivity index (χ4n) is 2.34. The summed E-state index contributed by atoms with van der Waals surface area (Å²) in [7, 11) is 0. The van der Waals surface area contributed by atoms with Crippen LogP contribution in [-0.2, 0) is 0 Å². The van der Waals surface area contributed by atoms with Crippen LogP contribution in [0.3, 0.4) is 0 Å². The van der Waals surface area contributed by atoms with Crippen LogP contribution in [0.1, 0.15) is 40.5 Å². The molecule has 116 valence electrons. The van der Waals surface area contributed by atoms with Gasteiger partial charge in [0.2, 0.25) is 0 Å². The summed E-state index contributed by atoms with van der Waals surface area (Å²) in [5.41, 5.74) is 4.90. The van der Waals surface area contributed by atoms with Crippen molar-refractivity contribution in [3.63, 3.8) is 0 Å². The molecule has 5 nitrogen and oxygen atoms in total. The van der Waals surface area contributed by atoms with Crippen LogP contribution in [0.4, 0.5) is 11.5 Å². The number of aromatic nitrogens is 2. The van der Waals surface area contributed by atoms with E-state index < -0.39 is 0 Å². The fourth-order valence-corrected chi connectivity index (χ4v) is 2.34. The third kappa shape index (κ3) is 3.81. The van der Waals surface area contributed by atoms with Crippen molar-refractivity contribution in [2.45, 2.75) is 34.1 Å². The van der Waals surface area contributed by atoms with Crippen LogP contribution in [0, 0.1) is 20.8 Å². The highest BCUT2D eigenvalue weighted by atomic mass is 16.1. The first kappa shape index (κ1) is 15.9. The number of amides is 1. The van der Waals surface area contributed by atoms with Crippen LogP contribution in [-0.4, -0.2) is 22.4 Å². The Labute approximate surface area is 131 Å². The molecule has 1 aromatic carbocycles. The van der Waals surface area contributed by atoms with Gasteiger partial charge in [-0.3, -0.25) is 4.79 Å². The average Bonchev–Trinajstić information content (AvgIpc) is 2.49. The van der Waals surface area contributed by atoms with Crippen molar-refractivity contribution in [3.8, 4) is 0 Å². The molecule has 0 aliphatic rings. The summed E-state index contributed by atoms with van der Waals surface area (Å²) in [5.74, 6) is 0.436. The van der Waals surface area contributed by atoms with Crippen molar-refractivity contribution in [3.05, 3.63) is 46.9 Å². The van der Waals surface area contributed by atoms with Gasteiger partial charge in [-0.25, -0.2) is 9.97 Å². The number of hydrogen-bond acceptors (Lipinski definition) is 4. The van der Waals surface area contributed by atoms with E-state index in [1.54, 1.807) is 6.20 Å². The minimum absolute atomic E-state index is 0.191. The molecular weight excluding hydrogens is 276 g/mol. The van der Waals surface area contributed by atoms with Gasteiger partial charge in [0, 0.05) is 12.2 Å². The lowest BCUT2D eigenvalue weighted by molar-refractivity contribution is 0.0948. The predicted octanol–water partition coefficient (Wildman–Crippen LogP) is 3.29. The molecular formula is C17H22N4O. The SMILES string of the molecule is CCCNC(=O)c1cnc(Nc2c(C)cc(C)cc2C)cn1. The van der Waals surface area contributed by atoms with Gasteiger partial charge in [0.25, 0.3) is 5.91 Å². The zero-order chi connectivity index (χ0) is 16.1. The third-order valence-corrected chi connectivity index (χ3v) is 3.35. The van der Waals surface area contributed by atoms with Crippen LogP contribution in [0.15, 0.2) is 24.5 Å². The zero-order valence-electron chi connectivity index (χ0n) is 13.5. The largest absolute Gasteiger partial charge is 0.351 e. The molecule has 1 aromatic heterocycles. The van der Waals surface area contributed by atoms with Crippen LogP contribution < -0.4 is 10.6 Å². The van der Waals surface area contributed by atoms with Crippen molar-refractivity contribution in [1.29, 1.82) is 0 Å². The smallest absolute Gasteiger partial charge is 0.271 e. The number of nitrogens with one attached hydrogen (secondary N) is 2. The van der Waals surface area contributed by atoms with Gasteiger partial charge in [0.15, 0.2) is 0 Å². The Kier molecular flexibility index (Phi) is 5.09. The Bertz CT molecular complexity index is 642. The van der Waals surface area contributed by atoms with Crippen molar-refractivity contribution in [2.75, 3.05) is 11.9 Å².